The summed E-state index contributed by atoms with van der Waals surface area (Å²) in [6, 6.07) is 0.834. The fourth-order valence-corrected chi connectivity index (χ4v) is 2.23. The Hall–Kier alpha value is -0.160. The molecule has 0 spiro atoms. The third kappa shape index (κ3) is 3.14. The first kappa shape index (κ1) is 11.3. The van der Waals surface area contributed by atoms with Crippen molar-refractivity contribution in [3.8, 4) is 0 Å². The lowest BCUT2D eigenvalue weighted by Gasteiger charge is -2.43. The number of nitrogens with zero attached hydrogens (tertiary/aromatic N) is 3. The van der Waals surface area contributed by atoms with E-state index in [9.17, 15) is 0 Å². The van der Waals surface area contributed by atoms with E-state index in [4.69, 9.17) is 0 Å². The lowest BCUT2D eigenvalue weighted by molar-refractivity contribution is 0.0700. The standard InChI is InChI=1S/C11H24N4/c1-13(2)3-4-14-5-7-15(8-6-14)11-9-12-10-11/h11-12H,3-10H2,1-2H3. The van der Waals surface area contributed by atoms with Crippen LogP contribution >= 0.6 is 0 Å². The second kappa shape index (κ2) is 5.25. The molecule has 0 saturated carbocycles. The molecule has 4 heteroatoms. The highest BCUT2D eigenvalue weighted by atomic mass is 15.3. The Labute approximate surface area is 93.2 Å². The van der Waals surface area contributed by atoms with Crippen molar-refractivity contribution in [2.24, 2.45) is 0 Å². The van der Waals surface area contributed by atoms with Gasteiger partial charge in [-0.05, 0) is 14.1 Å². The van der Waals surface area contributed by atoms with Crippen molar-refractivity contribution in [1.29, 1.82) is 0 Å². The summed E-state index contributed by atoms with van der Waals surface area (Å²) in [6.07, 6.45) is 0. The summed E-state index contributed by atoms with van der Waals surface area (Å²) in [5.74, 6) is 0. The largest absolute Gasteiger partial charge is 0.314 e. The number of nitrogens with one attached hydrogen (secondary N) is 1. The first-order chi connectivity index (χ1) is 7.25. The van der Waals surface area contributed by atoms with Crippen molar-refractivity contribution in [1.82, 2.24) is 20.0 Å². The van der Waals surface area contributed by atoms with Crippen molar-refractivity contribution < 1.29 is 0 Å². The minimum Gasteiger partial charge on any atom is -0.314 e. The molecule has 2 aliphatic heterocycles. The van der Waals surface area contributed by atoms with Gasteiger partial charge in [-0.25, -0.2) is 0 Å². The molecule has 2 fully saturated rings. The zero-order valence-corrected chi connectivity index (χ0v) is 10.1. The van der Waals surface area contributed by atoms with Crippen LogP contribution in [-0.4, -0.2) is 87.2 Å². The van der Waals surface area contributed by atoms with Gasteiger partial charge in [-0.3, -0.25) is 9.80 Å². The normalized spacial score (nSPS) is 25.8. The van der Waals surface area contributed by atoms with Gasteiger partial charge in [0.05, 0.1) is 0 Å². The van der Waals surface area contributed by atoms with Gasteiger partial charge in [0.1, 0.15) is 0 Å². The minimum absolute atomic E-state index is 0.834. The topological polar surface area (TPSA) is 21.8 Å². The van der Waals surface area contributed by atoms with Gasteiger partial charge in [-0.1, -0.05) is 0 Å². The molecule has 1 N–H and O–H groups in total. The van der Waals surface area contributed by atoms with Crippen LogP contribution in [0.15, 0.2) is 0 Å². The summed E-state index contributed by atoms with van der Waals surface area (Å²) in [4.78, 5) is 7.49. The van der Waals surface area contributed by atoms with Crippen LogP contribution in [0.25, 0.3) is 0 Å². The van der Waals surface area contributed by atoms with Crippen LogP contribution in [0.3, 0.4) is 0 Å². The van der Waals surface area contributed by atoms with Crippen molar-refractivity contribution in [3.63, 3.8) is 0 Å². The highest BCUT2D eigenvalue weighted by molar-refractivity contribution is 4.87. The van der Waals surface area contributed by atoms with Gasteiger partial charge in [-0.2, -0.15) is 0 Å². The highest BCUT2D eigenvalue weighted by Gasteiger charge is 2.27. The van der Waals surface area contributed by atoms with Crippen LogP contribution in [0.5, 0.6) is 0 Å². The molecule has 4 nitrogen and oxygen atoms in total. The van der Waals surface area contributed by atoms with E-state index in [0.717, 1.165) is 6.04 Å². The zero-order chi connectivity index (χ0) is 10.7. The fraction of sp³-hybridized carbons (Fsp3) is 1.00. The molecule has 0 aromatic heterocycles. The maximum atomic E-state index is 3.35. The van der Waals surface area contributed by atoms with Gasteiger partial charge in [0.2, 0.25) is 0 Å². The smallest absolute Gasteiger partial charge is 0.0346 e. The molecule has 0 bridgehead atoms. The van der Waals surface area contributed by atoms with Gasteiger partial charge in [-0.15, -0.1) is 0 Å². The molecule has 0 amide bonds. The fourth-order valence-electron chi connectivity index (χ4n) is 2.23. The van der Waals surface area contributed by atoms with E-state index < -0.39 is 0 Å². The summed E-state index contributed by atoms with van der Waals surface area (Å²) < 4.78 is 0. The van der Waals surface area contributed by atoms with Crippen molar-refractivity contribution >= 4 is 0 Å². The summed E-state index contributed by atoms with van der Waals surface area (Å²) in [5, 5.41) is 3.35. The molecule has 0 unspecified atom stereocenters. The number of rotatable bonds is 4. The monoisotopic (exact) mass is 212 g/mol. The van der Waals surface area contributed by atoms with Crippen molar-refractivity contribution in [3.05, 3.63) is 0 Å². The van der Waals surface area contributed by atoms with E-state index in [0.29, 0.717) is 0 Å². The number of hydrogen-bond acceptors (Lipinski definition) is 4. The summed E-state index contributed by atoms with van der Waals surface area (Å²) in [5.41, 5.74) is 0. The summed E-state index contributed by atoms with van der Waals surface area (Å²) >= 11 is 0. The van der Waals surface area contributed by atoms with Crippen LogP contribution < -0.4 is 5.32 Å². The average molecular weight is 212 g/mol. The molecular weight excluding hydrogens is 188 g/mol. The second-order valence-corrected chi connectivity index (χ2v) is 4.99. The Morgan fingerprint density at radius 1 is 1.13 bits per heavy atom. The van der Waals surface area contributed by atoms with E-state index in [-0.39, 0.29) is 0 Å². The lowest BCUT2D eigenvalue weighted by Crippen LogP contribution is -2.61. The lowest BCUT2D eigenvalue weighted by atomic mass is 10.1. The Morgan fingerprint density at radius 2 is 1.80 bits per heavy atom. The second-order valence-electron chi connectivity index (χ2n) is 4.99. The Balaban J connectivity index is 1.63. The molecule has 2 aliphatic rings. The number of piperazine rings is 1. The maximum absolute atomic E-state index is 3.35. The Bertz CT molecular complexity index is 183. The van der Waals surface area contributed by atoms with Gasteiger partial charge in [0.25, 0.3) is 0 Å². The van der Waals surface area contributed by atoms with Gasteiger partial charge < -0.3 is 10.2 Å². The molecule has 2 heterocycles. The molecular formula is C11H24N4. The van der Waals surface area contributed by atoms with Crippen molar-refractivity contribution in [2.45, 2.75) is 6.04 Å². The third-order valence-corrected chi connectivity index (χ3v) is 3.55. The van der Waals surface area contributed by atoms with E-state index in [1.165, 1.54) is 52.4 Å². The Morgan fingerprint density at radius 3 is 2.27 bits per heavy atom. The van der Waals surface area contributed by atoms with E-state index >= 15 is 0 Å². The summed E-state index contributed by atoms with van der Waals surface area (Å²) in [6.45, 7) is 9.86. The number of hydrogen-bond donors (Lipinski definition) is 1. The molecule has 0 radical (unpaired) electrons. The summed E-state index contributed by atoms with van der Waals surface area (Å²) in [7, 11) is 4.30. The molecule has 0 atom stereocenters. The molecule has 88 valence electrons. The zero-order valence-electron chi connectivity index (χ0n) is 10.1. The van der Waals surface area contributed by atoms with Crippen LogP contribution in [-0.2, 0) is 0 Å². The highest BCUT2D eigenvalue weighted by Crippen LogP contribution is 2.09. The SMILES string of the molecule is CN(C)CCN1CCN(C2CNC2)CC1. The third-order valence-electron chi connectivity index (χ3n) is 3.55. The first-order valence-corrected chi connectivity index (χ1v) is 6.07. The first-order valence-electron chi connectivity index (χ1n) is 6.07. The maximum Gasteiger partial charge on any atom is 0.0346 e. The molecule has 0 aromatic carbocycles. The van der Waals surface area contributed by atoms with Crippen LogP contribution in [0.4, 0.5) is 0 Å². The van der Waals surface area contributed by atoms with Crippen LogP contribution in [0, 0.1) is 0 Å². The molecule has 2 rings (SSSR count). The Kier molecular flexibility index (Phi) is 3.97. The van der Waals surface area contributed by atoms with Crippen molar-refractivity contribution in [2.75, 3.05) is 66.5 Å². The van der Waals surface area contributed by atoms with Crippen LogP contribution in [0.2, 0.25) is 0 Å². The predicted molar refractivity (Wildman–Crippen MR) is 63.2 cm³/mol. The van der Waals surface area contributed by atoms with Gasteiger partial charge in [0, 0.05) is 58.4 Å². The van der Waals surface area contributed by atoms with Gasteiger partial charge >= 0.3 is 0 Å². The van der Waals surface area contributed by atoms with E-state index in [1.807, 2.05) is 0 Å². The van der Waals surface area contributed by atoms with E-state index in [1.54, 1.807) is 0 Å². The molecule has 15 heavy (non-hydrogen) atoms. The number of likely N-dealkylation sites (N-methyl/N-ethyl adjacent to an activating group) is 1. The minimum atomic E-state index is 0.834. The van der Waals surface area contributed by atoms with E-state index in [2.05, 4.69) is 34.1 Å². The van der Waals surface area contributed by atoms with Gasteiger partial charge in [0.15, 0.2) is 0 Å². The predicted octanol–water partition coefficient (Wildman–Crippen LogP) is -0.863. The molecule has 2 saturated heterocycles. The van der Waals surface area contributed by atoms with Crippen LogP contribution in [0.1, 0.15) is 0 Å². The molecule has 0 aromatic rings. The quantitative estimate of drug-likeness (QED) is 0.654. The molecule has 0 aliphatic carbocycles. The average Bonchev–Trinajstić information content (AvgIpc) is 2.14.